The molecule has 0 radical (unpaired) electrons. The van der Waals surface area contributed by atoms with Gasteiger partial charge >= 0.3 is 0 Å². The van der Waals surface area contributed by atoms with Gasteiger partial charge in [0, 0.05) is 17.7 Å². The van der Waals surface area contributed by atoms with Crippen molar-refractivity contribution in [2.24, 2.45) is 0 Å². The van der Waals surface area contributed by atoms with Crippen LogP contribution in [0.3, 0.4) is 0 Å². The van der Waals surface area contributed by atoms with Crippen molar-refractivity contribution in [3.8, 4) is 0 Å². The number of halogens is 1. The van der Waals surface area contributed by atoms with E-state index in [9.17, 15) is 14.5 Å². The lowest BCUT2D eigenvalue weighted by molar-refractivity contribution is -0.385. The van der Waals surface area contributed by atoms with E-state index in [2.05, 4.69) is 5.32 Å². The fraction of sp³-hybridized carbons (Fsp3) is 0.500. The number of hydrogen-bond donors (Lipinski definition) is 1. The van der Waals surface area contributed by atoms with Gasteiger partial charge in [-0.1, -0.05) is 13.3 Å². The van der Waals surface area contributed by atoms with Crippen LogP contribution in [0.5, 0.6) is 0 Å². The van der Waals surface area contributed by atoms with E-state index >= 15 is 0 Å². The average Bonchev–Trinajstić information content (AvgIpc) is 2.28. The van der Waals surface area contributed by atoms with E-state index in [1.165, 1.54) is 12.1 Å². The Morgan fingerprint density at radius 3 is 2.76 bits per heavy atom. The Kier molecular flexibility index (Phi) is 5.03. The number of nitrogens with one attached hydrogen (secondary N) is 1. The molecule has 0 saturated carbocycles. The highest BCUT2D eigenvalue weighted by Crippen LogP contribution is 2.21. The standard InChI is InChI=1S/C12H17FN2O2/c1-3-4-11(14-2)8-9-7-10(13)5-6-12(9)15(16)17/h5-7,11,14H,3-4,8H2,1-2H3. The van der Waals surface area contributed by atoms with Crippen molar-refractivity contribution in [3.05, 3.63) is 39.7 Å². The lowest BCUT2D eigenvalue weighted by Crippen LogP contribution is -2.27. The van der Waals surface area contributed by atoms with Crippen LogP contribution in [0.4, 0.5) is 10.1 Å². The van der Waals surface area contributed by atoms with E-state index < -0.39 is 10.7 Å². The lowest BCUT2D eigenvalue weighted by atomic mass is 10.0. The van der Waals surface area contributed by atoms with Gasteiger partial charge in [-0.2, -0.15) is 0 Å². The monoisotopic (exact) mass is 240 g/mol. The first-order valence-electron chi connectivity index (χ1n) is 5.68. The Morgan fingerprint density at radius 1 is 1.53 bits per heavy atom. The van der Waals surface area contributed by atoms with E-state index in [4.69, 9.17) is 0 Å². The predicted molar refractivity (Wildman–Crippen MR) is 64.5 cm³/mol. The molecule has 0 aliphatic rings. The van der Waals surface area contributed by atoms with Gasteiger partial charge in [0.15, 0.2) is 0 Å². The summed E-state index contributed by atoms with van der Waals surface area (Å²) in [6.45, 7) is 2.05. The molecular formula is C12H17FN2O2. The van der Waals surface area contributed by atoms with Crippen molar-refractivity contribution in [1.82, 2.24) is 5.32 Å². The van der Waals surface area contributed by atoms with Gasteiger partial charge in [-0.05, 0) is 32.0 Å². The first-order valence-corrected chi connectivity index (χ1v) is 5.68. The molecule has 5 heteroatoms. The molecule has 1 aromatic rings. The molecular weight excluding hydrogens is 223 g/mol. The Morgan fingerprint density at radius 2 is 2.24 bits per heavy atom. The number of hydrogen-bond acceptors (Lipinski definition) is 3. The zero-order valence-corrected chi connectivity index (χ0v) is 10.1. The average molecular weight is 240 g/mol. The minimum Gasteiger partial charge on any atom is -0.317 e. The quantitative estimate of drug-likeness (QED) is 0.614. The van der Waals surface area contributed by atoms with Crippen LogP contribution in [0.25, 0.3) is 0 Å². The third-order valence-corrected chi connectivity index (χ3v) is 2.75. The van der Waals surface area contributed by atoms with Crippen LogP contribution in [-0.2, 0) is 6.42 Å². The fourth-order valence-electron chi connectivity index (χ4n) is 1.86. The summed E-state index contributed by atoms with van der Waals surface area (Å²) < 4.78 is 13.1. The predicted octanol–water partition coefficient (Wildman–Crippen LogP) is 2.66. The van der Waals surface area contributed by atoms with Gasteiger partial charge in [-0.15, -0.1) is 0 Å². The van der Waals surface area contributed by atoms with Crippen LogP contribution in [0.1, 0.15) is 25.3 Å². The number of rotatable bonds is 6. The van der Waals surface area contributed by atoms with Gasteiger partial charge in [0.25, 0.3) is 5.69 Å². The number of nitrogens with zero attached hydrogens (tertiary/aromatic N) is 1. The summed E-state index contributed by atoms with van der Waals surface area (Å²) in [6, 6.07) is 3.73. The molecule has 17 heavy (non-hydrogen) atoms. The Labute approximate surface area is 100.0 Å². The summed E-state index contributed by atoms with van der Waals surface area (Å²) in [5, 5.41) is 13.9. The molecule has 0 saturated heterocycles. The summed E-state index contributed by atoms with van der Waals surface area (Å²) in [5.74, 6) is -0.433. The van der Waals surface area contributed by atoms with Gasteiger partial charge in [0.1, 0.15) is 5.82 Å². The third kappa shape index (κ3) is 3.78. The second-order valence-electron chi connectivity index (χ2n) is 4.01. The maximum atomic E-state index is 13.1. The molecule has 1 rings (SSSR count). The number of nitro groups is 1. The first kappa shape index (κ1) is 13.6. The zero-order chi connectivity index (χ0) is 12.8. The number of likely N-dealkylation sites (N-methyl/N-ethyl adjacent to an activating group) is 1. The highest BCUT2D eigenvalue weighted by atomic mass is 19.1. The van der Waals surface area contributed by atoms with Crippen molar-refractivity contribution < 1.29 is 9.31 Å². The largest absolute Gasteiger partial charge is 0.317 e. The Hall–Kier alpha value is -1.49. The summed E-state index contributed by atoms with van der Waals surface area (Å²) in [7, 11) is 1.81. The number of nitro benzene ring substituents is 1. The fourth-order valence-corrected chi connectivity index (χ4v) is 1.86. The molecule has 0 aliphatic carbocycles. The van der Waals surface area contributed by atoms with Gasteiger partial charge < -0.3 is 5.32 Å². The maximum Gasteiger partial charge on any atom is 0.272 e. The minimum absolute atomic E-state index is 0.0113. The highest BCUT2D eigenvalue weighted by Gasteiger charge is 2.17. The summed E-state index contributed by atoms with van der Waals surface area (Å²) in [5.41, 5.74) is 0.436. The van der Waals surface area contributed by atoms with Crippen molar-refractivity contribution in [3.63, 3.8) is 0 Å². The molecule has 0 spiro atoms. The summed E-state index contributed by atoms with van der Waals surface area (Å²) in [6.07, 6.45) is 2.36. The third-order valence-electron chi connectivity index (χ3n) is 2.75. The van der Waals surface area contributed by atoms with E-state index in [1.54, 1.807) is 0 Å². The second-order valence-corrected chi connectivity index (χ2v) is 4.01. The minimum atomic E-state index is -0.465. The van der Waals surface area contributed by atoms with Crippen LogP contribution in [0, 0.1) is 15.9 Å². The summed E-state index contributed by atoms with van der Waals surface area (Å²) >= 11 is 0. The van der Waals surface area contributed by atoms with Crippen LogP contribution in [-0.4, -0.2) is 18.0 Å². The summed E-state index contributed by atoms with van der Waals surface area (Å²) in [4.78, 5) is 10.4. The molecule has 1 atom stereocenters. The molecule has 1 aromatic carbocycles. The zero-order valence-electron chi connectivity index (χ0n) is 10.1. The maximum absolute atomic E-state index is 13.1. The van der Waals surface area contributed by atoms with E-state index in [1.807, 2.05) is 14.0 Å². The first-order chi connectivity index (χ1) is 8.08. The molecule has 4 nitrogen and oxygen atoms in total. The smallest absolute Gasteiger partial charge is 0.272 e. The molecule has 0 heterocycles. The molecule has 0 bridgehead atoms. The van der Waals surface area contributed by atoms with Crippen molar-refractivity contribution in [1.29, 1.82) is 0 Å². The van der Waals surface area contributed by atoms with Crippen LogP contribution in [0.15, 0.2) is 18.2 Å². The van der Waals surface area contributed by atoms with Gasteiger partial charge in [-0.3, -0.25) is 10.1 Å². The molecule has 1 unspecified atom stereocenters. The molecule has 0 aromatic heterocycles. The van der Waals surface area contributed by atoms with Crippen molar-refractivity contribution in [2.75, 3.05) is 7.05 Å². The second kappa shape index (κ2) is 6.30. The SMILES string of the molecule is CCCC(Cc1cc(F)ccc1[N+](=O)[O-])NC. The topological polar surface area (TPSA) is 55.2 Å². The van der Waals surface area contributed by atoms with Gasteiger partial charge in [-0.25, -0.2) is 4.39 Å². The highest BCUT2D eigenvalue weighted by molar-refractivity contribution is 5.40. The van der Waals surface area contributed by atoms with Crippen molar-refractivity contribution in [2.45, 2.75) is 32.2 Å². The molecule has 0 amide bonds. The van der Waals surface area contributed by atoms with Crippen LogP contribution in [0.2, 0.25) is 0 Å². The molecule has 0 fully saturated rings. The molecule has 0 aliphatic heterocycles. The lowest BCUT2D eigenvalue weighted by Gasteiger charge is -2.15. The van der Waals surface area contributed by atoms with Crippen molar-refractivity contribution >= 4 is 5.69 Å². The van der Waals surface area contributed by atoms with Crippen LogP contribution < -0.4 is 5.32 Å². The Balaban J connectivity index is 2.94. The molecule has 1 N–H and O–H groups in total. The van der Waals surface area contributed by atoms with E-state index in [-0.39, 0.29) is 11.7 Å². The normalized spacial score (nSPS) is 12.4. The van der Waals surface area contributed by atoms with Crippen LogP contribution >= 0.6 is 0 Å². The molecule has 94 valence electrons. The van der Waals surface area contributed by atoms with Gasteiger partial charge in [0.2, 0.25) is 0 Å². The Bertz CT molecular complexity index is 396. The van der Waals surface area contributed by atoms with Gasteiger partial charge in [0.05, 0.1) is 4.92 Å². The van der Waals surface area contributed by atoms with E-state index in [0.29, 0.717) is 12.0 Å². The van der Waals surface area contributed by atoms with E-state index in [0.717, 1.165) is 18.9 Å². The number of benzene rings is 1.